The molecule has 0 bridgehead atoms. The molecule has 15 heavy (non-hydrogen) atoms. The van der Waals surface area contributed by atoms with Crippen molar-refractivity contribution in [1.29, 1.82) is 0 Å². The van der Waals surface area contributed by atoms with E-state index in [1.54, 1.807) is 37.2 Å². The highest BCUT2D eigenvalue weighted by Crippen LogP contribution is 2.29. The summed E-state index contributed by atoms with van der Waals surface area (Å²) in [6, 6.07) is 4.85. The molecule has 1 aromatic carbocycles. The van der Waals surface area contributed by atoms with Crippen LogP contribution in [0.5, 0.6) is 5.75 Å². The maximum absolute atomic E-state index is 6.89. The molecule has 3 nitrogen and oxygen atoms in total. The molecule has 0 aliphatic carbocycles. The lowest BCUT2D eigenvalue weighted by atomic mass is 10.3. The highest BCUT2D eigenvalue weighted by atomic mass is 35.5. The van der Waals surface area contributed by atoms with Crippen molar-refractivity contribution in [3.63, 3.8) is 0 Å². The Morgan fingerprint density at radius 1 is 1.53 bits per heavy atom. The number of hydrogen-bond acceptors (Lipinski definition) is 2. The van der Waals surface area contributed by atoms with Gasteiger partial charge in [-0.05, 0) is 24.4 Å². The molecule has 1 rings (SSSR count). The summed E-state index contributed by atoms with van der Waals surface area (Å²) in [5, 5.41) is 0.751. The number of nitrogens with zero attached hydrogens (tertiary/aromatic N) is 2. The van der Waals surface area contributed by atoms with Gasteiger partial charge >= 0.3 is 0 Å². The zero-order valence-electron chi connectivity index (χ0n) is 8.32. The van der Waals surface area contributed by atoms with E-state index in [0.29, 0.717) is 21.6 Å². The quantitative estimate of drug-likeness (QED) is 0.555. The third-order valence-electron chi connectivity index (χ3n) is 1.61. The van der Waals surface area contributed by atoms with Gasteiger partial charge in [-0.1, -0.05) is 17.7 Å². The molecule has 0 unspecified atom stereocenters. The highest BCUT2D eigenvalue weighted by molar-refractivity contribution is 7.80. The first kappa shape index (κ1) is 11.8. The van der Waals surface area contributed by atoms with Crippen molar-refractivity contribution in [3.8, 4) is 5.75 Å². The Morgan fingerprint density at radius 3 is 2.73 bits per heavy atom. The average molecular weight is 241 g/mol. The molecule has 0 N–H and O–H groups in total. The zero-order valence-corrected chi connectivity index (χ0v) is 9.89. The molecule has 0 heterocycles. The van der Waals surface area contributed by atoms with Crippen molar-refractivity contribution < 1.29 is 4.74 Å². The van der Waals surface area contributed by atoms with Crippen LogP contribution in [0.2, 0.25) is 5.02 Å². The molecule has 0 spiro atoms. The van der Waals surface area contributed by atoms with Crippen LogP contribution in [0.4, 0.5) is 5.69 Å². The second-order valence-electron chi connectivity index (χ2n) is 2.99. The maximum atomic E-state index is 6.89. The largest absolute Gasteiger partial charge is 0.433 e. The summed E-state index contributed by atoms with van der Waals surface area (Å²) in [6.07, 6.45) is 0. The Hall–Kier alpha value is -1.31. The lowest BCUT2D eigenvalue weighted by Crippen LogP contribution is -2.24. The Morgan fingerprint density at radius 2 is 2.20 bits per heavy atom. The van der Waals surface area contributed by atoms with E-state index in [1.165, 1.54) is 0 Å². The minimum absolute atomic E-state index is 0.341. The summed E-state index contributed by atoms with van der Waals surface area (Å²) < 4.78 is 5.33. The van der Waals surface area contributed by atoms with Gasteiger partial charge in [-0.15, -0.1) is 0 Å². The lowest BCUT2D eigenvalue weighted by Gasteiger charge is -2.14. The van der Waals surface area contributed by atoms with Crippen LogP contribution in [0.1, 0.15) is 0 Å². The van der Waals surface area contributed by atoms with Crippen molar-refractivity contribution in [2.24, 2.45) is 0 Å². The summed E-state index contributed by atoms with van der Waals surface area (Å²) in [4.78, 5) is 4.93. The molecule has 0 saturated carbocycles. The van der Waals surface area contributed by atoms with E-state index in [2.05, 4.69) is 4.85 Å². The van der Waals surface area contributed by atoms with Gasteiger partial charge in [0.25, 0.3) is 5.17 Å². The fourth-order valence-electron chi connectivity index (χ4n) is 0.834. The number of benzene rings is 1. The predicted octanol–water partition coefficient (Wildman–Crippen LogP) is 3.12. The summed E-state index contributed by atoms with van der Waals surface area (Å²) in [7, 11) is 3.57. The molecule has 0 atom stereocenters. The standard InChI is InChI=1S/C10H9ClN2OS/c1-12-9-6-7(4-5-8(9)11)14-10(15)13(2)3/h4-6H,2-3H3. The van der Waals surface area contributed by atoms with Crippen molar-refractivity contribution in [1.82, 2.24) is 4.90 Å². The topological polar surface area (TPSA) is 16.8 Å². The van der Waals surface area contributed by atoms with Crippen LogP contribution in [0.3, 0.4) is 0 Å². The van der Waals surface area contributed by atoms with Gasteiger partial charge in [0.05, 0.1) is 6.57 Å². The fraction of sp³-hybridized carbons (Fsp3) is 0.200. The van der Waals surface area contributed by atoms with Gasteiger partial charge in [0.2, 0.25) is 5.69 Å². The van der Waals surface area contributed by atoms with E-state index in [-0.39, 0.29) is 0 Å². The third-order valence-corrected chi connectivity index (χ3v) is 2.38. The molecule has 0 saturated heterocycles. The van der Waals surface area contributed by atoms with Crippen LogP contribution in [-0.4, -0.2) is 24.2 Å². The molecule has 0 aromatic heterocycles. The second-order valence-corrected chi connectivity index (χ2v) is 3.74. The van der Waals surface area contributed by atoms with E-state index in [4.69, 9.17) is 35.1 Å². The molecule has 5 heteroatoms. The van der Waals surface area contributed by atoms with Gasteiger partial charge < -0.3 is 9.64 Å². The number of halogens is 1. The van der Waals surface area contributed by atoms with Gasteiger partial charge in [0.1, 0.15) is 5.75 Å². The Kier molecular flexibility index (Phi) is 3.89. The minimum atomic E-state index is 0.341. The van der Waals surface area contributed by atoms with Crippen molar-refractivity contribution in [2.45, 2.75) is 0 Å². The van der Waals surface area contributed by atoms with Gasteiger partial charge in [0, 0.05) is 19.1 Å². The van der Waals surface area contributed by atoms with Crippen LogP contribution in [0.15, 0.2) is 18.2 Å². The molecule has 0 aliphatic rings. The molecular formula is C10H9ClN2OS. The van der Waals surface area contributed by atoms with E-state index >= 15 is 0 Å². The monoisotopic (exact) mass is 240 g/mol. The van der Waals surface area contributed by atoms with Gasteiger partial charge in [-0.2, -0.15) is 0 Å². The van der Waals surface area contributed by atoms with E-state index in [1.807, 2.05) is 0 Å². The normalized spacial score (nSPS) is 9.20. The van der Waals surface area contributed by atoms with E-state index in [0.717, 1.165) is 0 Å². The smallest absolute Gasteiger partial charge is 0.264 e. The summed E-state index contributed by atoms with van der Waals surface area (Å²) in [5.41, 5.74) is 0.357. The van der Waals surface area contributed by atoms with Gasteiger partial charge in [0.15, 0.2) is 0 Å². The second kappa shape index (κ2) is 4.96. The summed E-state index contributed by atoms with van der Waals surface area (Å²) in [6.45, 7) is 6.89. The van der Waals surface area contributed by atoms with Crippen molar-refractivity contribution in [3.05, 3.63) is 34.6 Å². The van der Waals surface area contributed by atoms with Crippen molar-refractivity contribution in [2.75, 3.05) is 14.1 Å². The zero-order chi connectivity index (χ0) is 11.4. The lowest BCUT2D eigenvalue weighted by molar-refractivity contribution is 0.449. The van der Waals surface area contributed by atoms with Crippen LogP contribution < -0.4 is 4.74 Å². The Balaban J connectivity index is 2.89. The highest BCUT2D eigenvalue weighted by Gasteiger charge is 2.05. The first-order valence-corrected chi connectivity index (χ1v) is 4.89. The molecule has 0 aliphatic heterocycles. The van der Waals surface area contributed by atoms with Gasteiger partial charge in [-0.25, -0.2) is 4.85 Å². The first-order valence-electron chi connectivity index (χ1n) is 4.10. The molecule has 78 valence electrons. The predicted molar refractivity (Wildman–Crippen MR) is 64.6 cm³/mol. The SMILES string of the molecule is [C-]#[N+]c1cc(OC(=S)N(C)C)ccc1Cl. The Labute approximate surface area is 99.0 Å². The van der Waals surface area contributed by atoms with Crippen molar-refractivity contribution >= 4 is 34.7 Å². The van der Waals surface area contributed by atoms with Gasteiger partial charge in [-0.3, -0.25) is 0 Å². The average Bonchev–Trinajstić information content (AvgIpc) is 2.20. The Bertz CT molecular complexity index is 426. The number of ether oxygens (including phenoxy) is 1. The molecule has 0 amide bonds. The van der Waals surface area contributed by atoms with Crippen LogP contribution in [-0.2, 0) is 0 Å². The third kappa shape index (κ3) is 3.08. The molecule has 0 radical (unpaired) electrons. The molecule has 1 aromatic rings. The summed E-state index contributed by atoms with van der Waals surface area (Å²) in [5.74, 6) is 0.518. The number of hydrogen-bond donors (Lipinski definition) is 0. The molecular weight excluding hydrogens is 232 g/mol. The van der Waals surface area contributed by atoms with Crippen LogP contribution in [0.25, 0.3) is 4.85 Å². The minimum Gasteiger partial charge on any atom is -0.433 e. The van der Waals surface area contributed by atoms with E-state index in [9.17, 15) is 0 Å². The summed E-state index contributed by atoms with van der Waals surface area (Å²) >= 11 is 10.7. The first-order chi connectivity index (χ1) is 7.04. The maximum Gasteiger partial charge on any atom is 0.264 e. The van der Waals surface area contributed by atoms with Crippen LogP contribution in [0, 0.1) is 6.57 Å². The fourth-order valence-corrected chi connectivity index (χ4v) is 1.09. The van der Waals surface area contributed by atoms with E-state index < -0.39 is 0 Å². The number of thiocarbonyl (C=S) groups is 1. The molecule has 0 fully saturated rings. The number of rotatable bonds is 1. The van der Waals surface area contributed by atoms with Crippen LogP contribution >= 0.6 is 23.8 Å².